The average Bonchev–Trinajstić information content (AvgIpc) is 2.38. The van der Waals surface area contributed by atoms with Crippen LogP contribution in [0.2, 0.25) is 0 Å². The van der Waals surface area contributed by atoms with Gasteiger partial charge in [-0.1, -0.05) is 45.4 Å². The van der Waals surface area contributed by atoms with Crippen LogP contribution in [0.15, 0.2) is 24.3 Å². The fourth-order valence-corrected chi connectivity index (χ4v) is 2.18. The molecule has 0 saturated carbocycles. The minimum atomic E-state index is 0.355. The molecule has 108 valence electrons. The molecule has 0 aliphatic carbocycles. The molecular weight excluding hydrogens is 234 g/mol. The Balaban J connectivity index is 2.44. The number of hydrogen-bond acceptors (Lipinski definition) is 2. The second-order valence-corrected chi connectivity index (χ2v) is 5.75. The summed E-state index contributed by atoms with van der Waals surface area (Å²) in [5.74, 6) is 1.60. The normalized spacial score (nSPS) is 12.7. The zero-order valence-corrected chi connectivity index (χ0v) is 12.7. The van der Waals surface area contributed by atoms with Gasteiger partial charge < -0.3 is 10.5 Å². The van der Waals surface area contributed by atoms with E-state index in [-0.39, 0.29) is 0 Å². The molecule has 1 atom stereocenters. The molecule has 0 aliphatic rings. The van der Waals surface area contributed by atoms with Gasteiger partial charge in [0, 0.05) is 6.04 Å². The van der Waals surface area contributed by atoms with E-state index in [4.69, 9.17) is 10.5 Å². The third-order valence-corrected chi connectivity index (χ3v) is 3.23. The first-order valence-corrected chi connectivity index (χ1v) is 7.59. The monoisotopic (exact) mass is 263 g/mol. The lowest BCUT2D eigenvalue weighted by atomic mass is 10.0. The van der Waals surface area contributed by atoms with Crippen LogP contribution in [0.1, 0.15) is 52.0 Å². The number of para-hydroxylation sites is 1. The van der Waals surface area contributed by atoms with Crippen molar-refractivity contribution >= 4 is 0 Å². The molecule has 0 fully saturated rings. The maximum absolute atomic E-state index is 6.05. The lowest BCUT2D eigenvalue weighted by molar-refractivity contribution is 0.268. The van der Waals surface area contributed by atoms with Gasteiger partial charge in [-0.15, -0.1) is 0 Å². The first-order valence-electron chi connectivity index (χ1n) is 7.59. The molecule has 1 aromatic carbocycles. The molecule has 1 rings (SSSR count). The quantitative estimate of drug-likeness (QED) is 0.725. The van der Waals surface area contributed by atoms with Gasteiger partial charge in [0.15, 0.2) is 0 Å². The van der Waals surface area contributed by atoms with Crippen LogP contribution in [-0.4, -0.2) is 12.6 Å². The first-order chi connectivity index (χ1) is 9.13. The molecule has 0 amide bonds. The molecule has 1 aromatic rings. The van der Waals surface area contributed by atoms with Gasteiger partial charge in [0.25, 0.3) is 0 Å². The number of benzene rings is 1. The Bertz CT molecular complexity index is 349. The average molecular weight is 263 g/mol. The maximum atomic E-state index is 6.05. The van der Waals surface area contributed by atoms with Crippen molar-refractivity contribution in [2.24, 2.45) is 11.7 Å². The Hall–Kier alpha value is -1.02. The van der Waals surface area contributed by atoms with Crippen LogP contribution in [0.5, 0.6) is 5.75 Å². The Morgan fingerprint density at radius 2 is 1.89 bits per heavy atom. The van der Waals surface area contributed by atoms with Crippen molar-refractivity contribution in [3.8, 4) is 5.75 Å². The fraction of sp³-hybridized carbons (Fsp3) is 0.647. The Morgan fingerprint density at radius 1 is 1.16 bits per heavy atom. The molecular formula is C17H29NO. The van der Waals surface area contributed by atoms with E-state index in [1.165, 1.54) is 12.0 Å². The minimum Gasteiger partial charge on any atom is -0.493 e. The number of rotatable bonds is 9. The highest BCUT2D eigenvalue weighted by atomic mass is 16.5. The largest absolute Gasteiger partial charge is 0.493 e. The summed E-state index contributed by atoms with van der Waals surface area (Å²) in [6, 6.07) is 8.73. The molecule has 2 nitrogen and oxygen atoms in total. The molecule has 19 heavy (non-hydrogen) atoms. The van der Waals surface area contributed by atoms with E-state index in [1.807, 2.05) is 6.07 Å². The Labute approximate surface area is 118 Å². The van der Waals surface area contributed by atoms with Gasteiger partial charge in [0.1, 0.15) is 5.75 Å². The van der Waals surface area contributed by atoms with Gasteiger partial charge in [-0.2, -0.15) is 0 Å². The molecule has 2 heteroatoms. The van der Waals surface area contributed by atoms with E-state index >= 15 is 0 Å². The molecule has 0 saturated heterocycles. The van der Waals surface area contributed by atoms with Gasteiger partial charge >= 0.3 is 0 Å². The number of hydrogen-bond donors (Lipinski definition) is 1. The zero-order chi connectivity index (χ0) is 14.1. The third kappa shape index (κ3) is 6.63. The summed E-state index contributed by atoms with van der Waals surface area (Å²) in [5, 5.41) is 0. The van der Waals surface area contributed by atoms with E-state index in [0.717, 1.165) is 38.0 Å². The highest BCUT2D eigenvalue weighted by Crippen LogP contribution is 2.21. The lowest BCUT2D eigenvalue weighted by Gasteiger charge is -2.14. The van der Waals surface area contributed by atoms with Crippen molar-refractivity contribution < 1.29 is 4.74 Å². The van der Waals surface area contributed by atoms with Gasteiger partial charge in [0.05, 0.1) is 6.61 Å². The Morgan fingerprint density at radius 3 is 2.58 bits per heavy atom. The summed E-state index contributed by atoms with van der Waals surface area (Å²) in [6.45, 7) is 7.32. The number of nitrogens with two attached hydrogens (primary N) is 1. The van der Waals surface area contributed by atoms with Crippen molar-refractivity contribution in [2.75, 3.05) is 6.61 Å². The minimum absolute atomic E-state index is 0.355. The lowest BCUT2D eigenvalue weighted by Crippen LogP contribution is -2.19. The van der Waals surface area contributed by atoms with Crippen molar-refractivity contribution in [1.29, 1.82) is 0 Å². The second kappa shape index (κ2) is 8.98. The smallest absolute Gasteiger partial charge is 0.122 e. The molecule has 0 aromatic heterocycles. The Kier molecular flexibility index (Phi) is 7.57. The van der Waals surface area contributed by atoms with Crippen molar-refractivity contribution in [1.82, 2.24) is 0 Å². The van der Waals surface area contributed by atoms with Gasteiger partial charge in [0.2, 0.25) is 0 Å². The number of ether oxygens (including phenoxy) is 1. The molecule has 0 radical (unpaired) electrons. The van der Waals surface area contributed by atoms with Crippen LogP contribution in [0, 0.1) is 5.92 Å². The first kappa shape index (κ1) is 16.0. The van der Waals surface area contributed by atoms with Gasteiger partial charge in [-0.3, -0.25) is 0 Å². The van der Waals surface area contributed by atoms with Crippen LogP contribution in [0.4, 0.5) is 0 Å². The molecule has 0 bridgehead atoms. The van der Waals surface area contributed by atoms with Gasteiger partial charge in [-0.25, -0.2) is 0 Å². The number of aryl methyl sites for hydroxylation is 1. The zero-order valence-electron chi connectivity index (χ0n) is 12.7. The second-order valence-electron chi connectivity index (χ2n) is 5.75. The van der Waals surface area contributed by atoms with Crippen LogP contribution in [0.3, 0.4) is 0 Å². The SMILES string of the molecule is CCCC(N)CCCc1ccccc1OCC(C)C. The third-order valence-electron chi connectivity index (χ3n) is 3.23. The van der Waals surface area contributed by atoms with Crippen LogP contribution < -0.4 is 10.5 Å². The van der Waals surface area contributed by atoms with Crippen LogP contribution in [-0.2, 0) is 6.42 Å². The van der Waals surface area contributed by atoms with Crippen molar-refractivity contribution in [3.63, 3.8) is 0 Å². The predicted octanol–water partition coefficient (Wildman–Crippen LogP) is 4.17. The summed E-state index contributed by atoms with van der Waals surface area (Å²) >= 11 is 0. The van der Waals surface area contributed by atoms with E-state index in [1.54, 1.807) is 0 Å². The fourth-order valence-electron chi connectivity index (χ4n) is 2.18. The molecule has 1 unspecified atom stereocenters. The summed E-state index contributed by atoms with van der Waals surface area (Å²) in [7, 11) is 0. The summed E-state index contributed by atoms with van der Waals surface area (Å²) in [4.78, 5) is 0. The van der Waals surface area contributed by atoms with E-state index < -0.39 is 0 Å². The highest BCUT2D eigenvalue weighted by Gasteiger charge is 2.06. The maximum Gasteiger partial charge on any atom is 0.122 e. The highest BCUT2D eigenvalue weighted by molar-refractivity contribution is 5.33. The summed E-state index contributed by atoms with van der Waals surface area (Å²) in [6.07, 6.45) is 5.61. The summed E-state index contributed by atoms with van der Waals surface area (Å²) < 4.78 is 5.87. The van der Waals surface area contributed by atoms with Gasteiger partial charge in [-0.05, 0) is 43.2 Å². The summed E-state index contributed by atoms with van der Waals surface area (Å²) in [5.41, 5.74) is 7.37. The van der Waals surface area contributed by atoms with Crippen LogP contribution >= 0.6 is 0 Å². The molecule has 0 heterocycles. The topological polar surface area (TPSA) is 35.2 Å². The standard InChI is InChI=1S/C17H29NO/c1-4-8-16(18)11-7-10-15-9-5-6-12-17(15)19-13-14(2)3/h5-6,9,12,14,16H,4,7-8,10-11,13,18H2,1-3H3. The molecule has 0 aliphatic heterocycles. The van der Waals surface area contributed by atoms with E-state index in [0.29, 0.717) is 12.0 Å². The predicted molar refractivity (Wildman–Crippen MR) is 82.6 cm³/mol. The van der Waals surface area contributed by atoms with Crippen molar-refractivity contribution in [2.45, 2.75) is 58.9 Å². The van der Waals surface area contributed by atoms with Crippen LogP contribution in [0.25, 0.3) is 0 Å². The molecule has 0 spiro atoms. The molecule has 2 N–H and O–H groups in total. The van der Waals surface area contributed by atoms with Crippen molar-refractivity contribution in [3.05, 3.63) is 29.8 Å². The van der Waals surface area contributed by atoms with E-state index in [9.17, 15) is 0 Å². The van der Waals surface area contributed by atoms with E-state index in [2.05, 4.69) is 39.0 Å².